The first-order valence-corrected chi connectivity index (χ1v) is 12.3. The lowest BCUT2D eigenvalue weighted by Gasteiger charge is -2.42. The second-order valence-corrected chi connectivity index (χ2v) is 9.79. The molecule has 39 heavy (non-hydrogen) atoms. The van der Waals surface area contributed by atoms with Gasteiger partial charge >= 0.3 is 0 Å². The summed E-state index contributed by atoms with van der Waals surface area (Å²) in [6.07, 6.45) is -10.9. The van der Waals surface area contributed by atoms with Gasteiger partial charge in [-0.2, -0.15) is 0 Å². The Balaban J connectivity index is 1.31. The van der Waals surface area contributed by atoms with Gasteiger partial charge in [0.15, 0.2) is 18.2 Å². The Labute approximate surface area is 222 Å². The number of phenolic OH excluding ortho intramolecular Hbond substituents is 1. The van der Waals surface area contributed by atoms with Crippen LogP contribution in [0.15, 0.2) is 42.5 Å². The van der Waals surface area contributed by atoms with E-state index in [0.717, 1.165) is 0 Å². The van der Waals surface area contributed by atoms with Gasteiger partial charge in [-0.3, -0.25) is 4.79 Å². The molecule has 3 aliphatic heterocycles. The van der Waals surface area contributed by atoms with E-state index in [0.29, 0.717) is 11.1 Å². The summed E-state index contributed by atoms with van der Waals surface area (Å²) in [5, 5.41) is 70.3. The van der Waals surface area contributed by atoms with Crippen molar-refractivity contribution in [2.24, 2.45) is 0 Å². The van der Waals surface area contributed by atoms with Gasteiger partial charge in [-0.05, 0) is 29.8 Å². The third kappa shape index (κ3) is 5.33. The molecule has 0 bridgehead atoms. The molecule has 2 saturated heterocycles. The van der Waals surface area contributed by atoms with Gasteiger partial charge in [0.2, 0.25) is 6.29 Å². The molecule has 3 aliphatic rings. The Morgan fingerprint density at radius 2 is 1.74 bits per heavy atom. The number of hydrogen-bond acceptors (Lipinski definition) is 13. The molecule has 13 heteroatoms. The summed E-state index contributed by atoms with van der Waals surface area (Å²) < 4.78 is 28.3. The summed E-state index contributed by atoms with van der Waals surface area (Å²) in [5.41, 5.74) is -0.945. The summed E-state index contributed by atoms with van der Waals surface area (Å²) in [6, 6.07) is 10.7. The first-order chi connectivity index (χ1) is 18.6. The highest BCUT2D eigenvalue weighted by Gasteiger charge is 2.53. The minimum Gasteiger partial charge on any atom is -0.508 e. The number of benzene rings is 2. The number of phenols is 1. The fraction of sp³-hybridized carbons (Fsp3) is 0.500. The lowest BCUT2D eigenvalue weighted by Crippen LogP contribution is -2.62. The highest BCUT2D eigenvalue weighted by molar-refractivity contribution is 6.00. The largest absolute Gasteiger partial charge is 0.508 e. The smallest absolute Gasteiger partial charge is 0.229 e. The highest BCUT2D eigenvalue weighted by atomic mass is 16.8. The molecule has 2 fully saturated rings. The Morgan fingerprint density at radius 1 is 1.00 bits per heavy atom. The molecular formula is C26H30O13. The van der Waals surface area contributed by atoms with Crippen LogP contribution in [0.5, 0.6) is 17.2 Å². The molecule has 5 rings (SSSR count). The van der Waals surface area contributed by atoms with Gasteiger partial charge in [-0.15, -0.1) is 0 Å². The van der Waals surface area contributed by atoms with Crippen LogP contribution >= 0.6 is 0 Å². The maximum Gasteiger partial charge on any atom is 0.229 e. The molecule has 7 N–H and O–H groups in total. The van der Waals surface area contributed by atoms with Crippen molar-refractivity contribution < 1.29 is 64.2 Å². The van der Waals surface area contributed by atoms with E-state index in [-0.39, 0.29) is 29.5 Å². The molecule has 0 aliphatic carbocycles. The zero-order chi connectivity index (χ0) is 27.9. The van der Waals surface area contributed by atoms with Crippen LogP contribution in [-0.2, 0) is 14.2 Å². The van der Waals surface area contributed by atoms with Crippen molar-refractivity contribution in [1.29, 1.82) is 0 Å². The van der Waals surface area contributed by atoms with E-state index in [4.69, 9.17) is 23.7 Å². The van der Waals surface area contributed by atoms with E-state index < -0.39 is 74.6 Å². The predicted octanol–water partition coefficient (Wildman–Crippen LogP) is -1.26. The SMILES string of the molecule is O=C1C[C@@H](c2ccc(O[C@H]3O[C@@H](CO)[C@H](O)[C@@H](O)[C@@H]3O[C@@H]3OC[C@@](O)(CO)[C@H]3O)cc2)Oc2cc(O)ccc21. The Morgan fingerprint density at radius 3 is 2.41 bits per heavy atom. The summed E-state index contributed by atoms with van der Waals surface area (Å²) in [7, 11) is 0. The molecule has 0 amide bonds. The Kier molecular flexibility index (Phi) is 7.79. The number of carbonyl (C=O) groups is 1. The minimum absolute atomic E-state index is 0.0275. The van der Waals surface area contributed by atoms with E-state index in [9.17, 15) is 40.5 Å². The monoisotopic (exact) mass is 550 g/mol. The molecule has 0 saturated carbocycles. The van der Waals surface area contributed by atoms with Crippen molar-refractivity contribution in [2.75, 3.05) is 19.8 Å². The van der Waals surface area contributed by atoms with Crippen LogP contribution in [0.1, 0.15) is 28.4 Å². The molecule has 13 nitrogen and oxygen atoms in total. The molecule has 2 aromatic rings. The van der Waals surface area contributed by atoms with Gasteiger partial charge in [0.1, 0.15) is 53.4 Å². The van der Waals surface area contributed by atoms with Gasteiger partial charge in [-0.25, -0.2) is 0 Å². The summed E-state index contributed by atoms with van der Waals surface area (Å²) >= 11 is 0. The van der Waals surface area contributed by atoms with Crippen LogP contribution in [0.2, 0.25) is 0 Å². The van der Waals surface area contributed by atoms with E-state index in [1.807, 2.05) is 0 Å². The quantitative estimate of drug-likeness (QED) is 0.215. The van der Waals surface area contributed by atoms with Crippen LogP contribution in [0, 0.1) is 0 Å². The van der Waals surface area contributed by atoms with Crippen LogP contribution in [0.3, 0.4) is 0 Å². The molecule has 0 aromatic heterocycles. The van der Waals surface area contributed by atoms with Gasteiger partial charge in [0, 0.05) is 6.07 Å². The zero-order valence-electron chi connectivity index (χ0n) is 20.6. The zero-order valence-corrected chi connectivity index (χ0v) is 20.6. The summed E-state index contributed by atoms with van der Waals surface area (Å²) in [6.45, 7) is -1.88. The van der Waals surface area contributed by atoms with Gasteiger partial charge < -0.3 is 59.4 Å². The minimum atomic E-state index is -1.98. The third-order valence-corrected chi connectivity index (χ3v) is 7.11. The standard InChI is InChI=1S/C26H30O13/c27-9-19-20(31)21(32)22(39-25-23(33)26(34,10-28)11-35-25)24(38-19)36-14-4-1-12(2-5-14)17-8-16(30)15-6-3-13(29)7-18(15)37-17/h1-7,17,19-25,27-29,31-34H,8-11H2/t17-,19-,20-,21+,22-,23-,24-,25-,26-/m0/s1. The topological polar surface area (TPSA) is 205 Å². The van der Waals surface area contributed by atoms with E-state index >= 15 is 0 Å². The molecule has 0 unspecified atom stereocenters. The summed E-state index contributed by atoms with van der Waals surface area (Å²) in [4.78, 5) is 12.5. The number of ether oxygens (including phenoxy) is 5. The van der Waals surface area contributed by atoms with Crippen LogP contribution in [0.25, 0.3) is 0 Å². The first-order valence-electron chi connectivity index (χ1n) is 12.3. The Hall–Kier alpha value is -2.85. The first kappa shape index (κ1) is 27.7. The van der Waals surface area contributed by atoms with E-state index in [2.05, 4.69) is 0 Å². The average molecular weight is 551 g/mol. The maximum atomic E-state index is 12.5. The molecule has 0 spiro atoms. The van der Waals surface area contributed by atoms with Gasteiger partial charge in [0.25, 0.3) is 0 Å². The van der Waals surface area contributed by atoms with Crippen molar-refractivity contribution in [3.05, 3.63) is 53.6 Å². The molecule has 9 atom stereocenters. The lowest BCUT2D eigenvalue weighted by molar-refractivity contribution is -0.318. The van der Waals surface area contributed by atoms with Gasteiger partial charge in [0.05, 0.1) is 31.8 Å². The maximum absolute atomic E-state index is 12.5. The highest BCUT2D eigenvalue weighted by Crippen LogP contribution is 2.38. The fourth-order valence-corrected chi connectivity index (χ4v) is 4.75. The second kappa shape index (κ2) is 11.0. The van der Waals surface area contributed by atoms with Crippen molar-refractivity contribution in [1.82, 2.24) is 0 Å². The number of carbonyl (C=O) groups excluding carboxylic acids is 1. The van der Waals surface area contributed by atoms with Gasteiger partial charge in [-0.1, -0.05) is 12.1 Å². The normalized spacial score (nSPS) is 36.3. The van der Waals surface area contributed by atoms with E-state index in [1.54, 1.807) is 24.3 Å². The number of ketones is 1. The van der Waals surface area contributed by atoms with Crippen molar-refractivity contribution in [2.45, 2.75) is 61.2 Å². The number of hydrogen-bond donors (Lipinski definition) is 7. The number of aliphatic hydroxyl groups is 6. The molecule has 3 heterocycles. The fourth-order valence-electron chi connectivity index (χ4n) is 4.75. The second-order valence-electron chi connectivity index (χ2n) is 9.79. The van der Waals surface area contributed by atoms with Crippen LogP contribution in [-0.4, -0.2) is 110 Å². The lowest BCUT2D eigenvalue weighted by atomic mass is 9.96. The van der Waals surface area contributed by atoms with Crippen molar-refractivity contribution in [3.63, 3.8) is 0 Å². The van der Waals surface area contributed by atoms with Crippen molar-refractivity contribution >= 4 is 5.78 Å². The number of fused-ring (bicyclic) bond motifs is 1. The number of Topliss-reactive ketones (excluding diaryl/α,β-unsaturated/α-hetero) is 1. The number of aliphatic hydroxyl groups excluding tert-OH is 5. The summed E-state index contributed by atoms with van der Waals surface area (Å²) in [5.74, 6) is 0.348. The number of aromatic hydroxyl groups is 1. The van der Waals surface area contributed by atoms with E-state index in [1.165, 1.54) is 18.2 Å². The molecule has 2 aromatic carbocycles. The molecule has 212 valence electrons. The van der Waals surface area contributed by atoms with Crippen molar-refractivity contribution in [3.8, 4) is 17.2 Å². The van der Waals surface area contributed by atoms with Crippen LogP contribution < -0.4 is 9.47 Å². The van der Waals surface area contributed by atoms with Crippen LogP contribution in [0.4, 0.5) is 0 Å². The number of rotatable bonds is 7. The average Bonchev–Trinajstić information content (AvgIpc) is 3.21. The molecular weight excluding hydrogens is 520 g/mol. The third-order valence-electron chi connectivity index (χ3n) is 7.11. The predicted molar refractivity (Wildman–Crippen MR) is 128 cm³/mol. The molecule has 0 radical (unpaired) electrons. The Bertz CT molecular complexity index is 1170.